The van der Waals surface area contributed by atoms with E-state index < -0.39 is 10.0 Å². The molecule has 0 atom stereocenters. The normalized spacial score (nSPS) is 11.6. The van der Waals surface area contributed by atoms with E-state index in [1.54, 1.807) is 19.1 Å². The zero-order valence-electron chi connectivity index (χ0n) is 12.3. The van der Waals surface area contributed by atoms with Gasteiger partial charge in [0.1, 0.15) is 4.90 Å². The van der Waals surface area contributed by atoms with Gasteiger partial charge in [-0.3, -0.25) is 4.31 Å². The van der Waals surface area contributed by atoms with Gasteiger partial charge in [-0.15, -0.1) is 11.3 Å². The Morgan fingerprint density at radius 2 is 1.95 bits per heavy atom. The number of rotatable bonds is 5. The molecule has 0 amide bonds. The van der Waals surface area contributed by atoms with Gasteiger partial charge in [-0.05, 0) is 44.5 Å². The maximum Gasteiger partial charge on any atom is 0.265 e. The molecule has 114 valence electrons. The number of aliphatic hydroxyl groups is 1. The van der Waals surface area contributed by atoms with Crippen molar-refractivity contribution in [3.63, 3.8) is 0 Å². The molecule has 1 heterocycles. The first-order valence-corrected chi connectivity index (χ1v) is 8.95. The van der Waals surface area contributed by atoms with Crippen molar-refractivity contribution in [3.05, 3.63) is 45.6 Å². The Labute approximate surface area is 129 Å². The highest BCUT2D eigenvalue weighted by Crippen LogP contribution is 2.31. The first kappa shape index (κ1) is 16.0. The van der Waals surface area contributed by atoms with Crippen LogP contribution in [0.2, 0.25) is 0 Å². The summed E-state index contributed by atoms with van der Waals surface area (Å²) in [4.78, 5) is 1.64. The van der Waals surface area contributed by atoms with Gasteiger partial charge in [0.2, 0.25) is 0 Å². The summed E-state index contributed by atoms with van der Waals surface area (Å²) in [6, 6.07) is 9.00. The van der Waals surface area contributed by atoms with E-state index in [2.05, 4.69) is 0 Å². The van der Waals surface area contributed by atoms with Crippen molar-refractivity contribution in [2.75, 3.05) is 10.8 Å². The van der Waals surface area contributed by atoms with Gasteiger partial charge in [0.25, 0.3) is 10.0 Å². The van der Waals surface area contributed by atoms with Crippen LogP contribution in [0.25, 0.3) is 0 Å². The Bertz CT molecular complexity index is 735. The van der Waals surface area contributed by atoms with Crippen LogP contribution in [0.5, 0.6) is 0 Å². The molecular formula is C15H19NO3S2. The molecule has 0 spiro atoms. The number of hydrogen-bond donors (Lipinski definition) is 1. The summed E-state index contributed by atoms with van der Waals surface area (Å²) >= 11 is 1.31. The highest BCUT2D eigenvalue weighted by atomic mass is 32.2. The first-order chi connectivity index (χ1) is 9.90. The van der Waals surface area contributed by atoms with Crippen molar-refractivity contribution in [3.8, 4) is 0 Å². The number of nitrogens with zero attached hydrogens (tertiary/aromatic N) is 1. The molecule has 6 heteroatoms. The average Bonchev–Trinajstić information content (AvgIpc) is 2.81. The zero-order valence-corrected chi connectivity index (χ0v) is 14.0. The van der Waals surface area contributed by atoms with E-state index in [0.29, 0.717) is 22.0 Å². The summed E-state index contributed by atoms with van der Waals surface area (Å²) in [7, 11) is -3.61. The highest BCUT2D eigenvalue weighted by Gasteiger charge is 2.27. The fourth-order valence-electron chi connectivity index (χ4n) is 2.25. The summed E-state index contributed by atoms with van der Waals surface area (Å²) in [5.74, 6) is 0. The topological polar surface area (TPSA) is 57.6 Å². The zero-order chi connectivity index (χ0) is 15.6. The second kappa shape index (κ2) is 6.17. The van der Waals surface area contributed by atoms with E-state index in [-0.39, 0.29) is 11.5 Å². The maximum atomic E-state index is 12.9. The number of anilines is 1. The highest BCUT2D eigenvalue weighted by molar-refractivity contribution is 7.93. The van der Waals surface area contributed by atoms with Gasteiger partial charge in [0.15, 0.2) is 0 Å². The molecule has 0 unspecified atom stereocenters. The minimum atomic E-state index is -3.61. The van der Waals surface area contributed by atoms with Crippen molar-refractivity contribution < 1.29 is 13.5 Å². The Morgan fingerprint density at radius 1 is 1.24 bits per heavy atom. The molecule has 0 aliphatic rings. The number of aryl methyl sites for hydroxylation is 2. The van der Waals surface area contributed by atoms with Crippen LogP contribution in [0.1, 0.15) is 22.2 Å². The van der Waals surface area contributed by atoms with Crippen LogP contribution >= 0.6 is 11.3 Å². The van der Waals surface area contributed by atoms with Gasteiger partial charge in [-0.1, -0.05) is 12.1 Å². The minimum absolute atomic E-state index is 0.141. The van der Waals surface area contributed by atoms with Crippen molar-refractivity contribution in [1.29, 1.82) is 0 Å². The Kier molecular flexibility index (Phi) is 4.70. The molecule has 2 rings (SSSR count). The number of aliphatic hydroxyl groups excluding tert-OH is 1. The maximum absolute atomic E-state index is 12.9. The number of sulfonamides is 1. The molecule has 2 aromatic rings. The van der Waals surface area contributed by atoms with Crippen LogP contribution in [-0.4, -0.2) is 20.1 Å². The molecule has 0 aliphatic heterocycles. The van der Waals surface area contributed by atoms with Gasteiger partial charge >= 0.3 is 0 Å². The lowest BCUT2D eigenvalue weighted by atomic mass is 10.2. The minimum Gasteiger partial charge on any atom is -0.391 e. The molecule has 4 nitrogen and oxygen atoms in total. The molecule has 21 heavy (non-hydrogen) atoms. The third kappa shape index (κ3) is 3.12. The summed E-state index contributed by atoms with van der Waals surface area (Å²) in [5, 5.41) is 9.19. The van der Waals surface area contributed by atoms with Crippen LogP contribution in [0.4, 0.5) is 5.69 Å². The van der Waals surface area contributed by atoms with Crippen LogP contribution < -0.4 is 4.31 Å². The lowest BCUT2D eigenvalue weighted by Crippen LogP contribution is -2.30. The quantitative estimate of drug-likeness (QED) is 0.919. The Morgan fingerprint density at radius 3 is 2.48 bits per heavy atom. The van der Waals surface area contributed by atoms with E-state index >= 15 is 0 Å². The average molecular weight is 325 g/mol. The van der Waals surface area contributed by atoms with Gasteiger partial charge in [-0.25, -0.2) is 8.42 Å². The van der Waals surface area contributed by atoms with Crippen LogP contribution in [-0.2, 0) is 16.6 Å². The second-order valence-corrected chi connectivity index (χ2v) is 7.97. The summed E-state index contributed by atoms with van der Waals surface area (Å²) in [6.07, 6.45) is 0. The van der Waals surface area contributed by atoms with Crippen molar-refractivity contribution in [2.24, 2.45) is 0 Å². The molecule has 0 saturated carbocycles. The van der Waals surface area contributed by atoms with Crippen molar-refractivity contribution in [1.82, 2.24) is 0 Å². The molecule has 0 radical (unpaired) electrons. The lowest BCUT2D eigenvalue weighted by molar-refractivity contribution is 0.285. The smallest absolute Gasteiger partial charge is 0.265 e. The van der Waals surface area contributed by atoms with E-state index in [0.717, 1.165) is 5.56 Å². The molecule has 1 N–H and O–H groups in total. The summed E-state index contributed by atoms with van der Waals surface area (Å²) < 4.78 is 27.2. The summed E-state index contributed by atoms with van der Waals surface area (Å²) in [6.45, 7) is 5.73. The van der Waals surface area contributed by atoms with E-state index in [4.69, 9.17) is 0 Å². The number of thiophene rings is 1. The van der Waals surface area contributed by atoms with Crippen LogP contribution in [0.15, 0.2) is 35.2 Å². The lowest BCUT2D eigenvalue weighted by Gasteiger charge is -2.23. The van der Waals surface area contributed by atoms with Gasteiger partial charge in [0, 0.05) is 16.3 Å². The fraction of sp³-hybridized carbons (Fsp3) is 0.333. The molecular weight excluding hydrogens is 306 g/mol. The molecule has 0 bridgehead atoms. The predicted octanol–water partition coefficient (Wildman–Crippen LogP) is 3.07. The molecule has 1 aromatic carbocycles. The third-order valence-electron chi connectivity index (χ3n) is 3.22. The molecule has 0 aliphatic carbocycles. The van der Waals surface area contributed by atoms with Gasteiger partial charge < -0.3 is 5.11 Å². The second-order valence-electron chi connectivity index (χ2n) is 4.80. The predicted molar refractivity (Wildman–Crippen MR) is 86.4 cm³/mol. The molecule has 1 aromatic heterocycles. The SMILES string of the molecule is CCN(c1cccc(C)c1)S(=O)(=O)c1cc(CO)sc1C. The third-order valence-corrected chi connectivity index (χ3v) is 6.42. The molecule has 0 saturated heterocycles. The number of hydrogen-bond acceptors (Lipinski definition) is 4. The van der Waals surface area contributed by atoms with Crippen LogP contribution in [0.3, 0.4) is 0 Å². The standard InChI is InChI=1S/C15H19NO3S2/c1-4-16(13-7-5-6-11(2)8-13)21(18,19)15-9-14(10-17)20-12(15)3/h5-9,17H,4,10H2,1-3H3. The number of benzene rings is 1. The van der Waals surface area contributed by atoms with Gasteiger partial charge in [-0.2, -0.15) is 0 Å². The van der Waals surface area contributed by atoms with E-state index in [1.165, 1.54) is 15.6 Å². The van der Waals surface area contributed by atoms with Gasteiger partial charge in [0.05, 0.1) is 12.3 Å². The largest absolute Gasteiger partial charge is 0.391 e. The molecule has 0 fully saturated rings. The monoisotopic (exact) mass is 325 g/mol. The van der Waals surface area contributed by atoms with Crippen LogP contribution in [0, 0.1) is 13.8 Å². The van der Waals surface area contributed by atoms with Crippen molar-refractivity contribution in [2.45, 2.75) is 32.3 Å². The summed E-state index contributed by atoms with van der Waals surface area (Å²) in [5.41, 5.74) is 1.67. The van der Waals surface area contributed by atoms with E-state index in [9.17, 15) is 13.5 Å². The van der Waals surface area contributed by atoms with E-state index in [1.807, 2.05) is 32.0 Å². The first-order valence-electron chi connectivity index (χ1n) is 6.69. The Hall–Kier alpha value is -1.37. The van der Waals surface area contributed by atoms with Crippen molar-refractivity contribution >= 4 is 27.0 Å². The fourth-order valence-corrected chi connectivity index (χ4v) is 5.18. The Balaban J connectivity index is 2.51.